The summed E-state index contributed by atoms with van der Waals surface area (Å²) in [5.41, 5.74) is 4.99. The summed E-state index contributed by atoms with van der Waals surface area (Å²) >= 11 is 0. The third kappa shape index (κ3) is 4.91. The number of aromatic nitrogens is 1. The summed E-state index contributed by atoms with van der Waals surface area (Å²) in [4.78, 5) is 16.5. The quantitative estimate of drug-likeness (QED) is 0.675. The van der Waals surface area contributed by atoms with Crippen molar-refractivity contribution in [1.29, 1.82) is 0 Å². The van der Waals surface area contributed by atoms with E-state index in [1.54, 1.807) is 30.5 Å². The summed E-state index contributed by atoms with van der Waals surface area (Å²) in [6.45, 7) is 4.43. The second-order valence-electron chi connectivity index (χ2n) is 6.47. The normalized spacial score (nSPS) is 10.5. The van der Waals surface area contributed by atoms with E-state index in [0.29, 0.717) is 24.2 Å². The van der Waals surface area contributed by atoms with Crippen LogP contribution in [0.2, 0.25) is 0 Å². The zero-order valence-corrected chi connectivity index (χ0v) is 15.4. The van der Waals surface area contributed by atoms with Crippen molar-refractivity contribution in [2.45, 2.75) is 20.3 Å². The van der Waals surface area contributed by atoms with Crippen molar-refractivity contribution in [3.8, 4) is 0 Å². The zero-order chi connectivity index (χ0) is 19.2. The van der Waals surface area contributed by atoms with Gasteiger partial charge >= 0.3 is 0 Å². The third-order valence-electron chi connectivity index (χ3n) is 4.29. The number of amides is 1. The monoisotopic (exact) mass is 363 g/mol. The highest BCUT2D eigenvalue weighted by Crippen LogP contribution is 2.21. The maximum atomic E-state index is 13.6. The third-order valence-corrected chi connectivity index (χ3v) is 4.29. The molecule has 0 atom stereocenters. The summed E-state index contributed by atoms with van der Waals surface area (Å²) < 4.78 is 13.6. The predicted molar refractivity (Wildman–Crippen MR) is 106 cm³/mol. The van der Waals surface area contributed by atoms with Crippen LogP contribution in [0.4, 0.5) is 15.8 Å². The van der Waals surface area contributed by atoms with Crippen molar-refractivity contribution >= 4 is 17.3 Å². The number of halogens is 1. The Labute approximate surface area is 158 Å². The molecule has 1 aromatic heterocycles. The minimum Gasteiger partial charge on any atom is -0.355 e. The van der Waals surface area contributed by atoms with Crippen molar-refractivity contribution in [3.63, 3.8) is 0 Å². The van der Waals surface area contributed by atoms with E-state index in [4.69, 9.17) is 0 Å². The van der Waals surface area contributed by atoms with Gasteiger partial charge in [-0.1, -0.05) is 35.9 Å². The predicted octanol–water partition coefficient (Wildman–Crippen LogP) is 4.55. The first-order valence-corrected chi connectivity index (χ1v) is 8.85. The van der Waals surface area contributed by atoms with Gasteiger partial charge in [-0.05, 0) is 55.7 Å². The Balaban J connectivity index is 1.62. The molecule has 0 spiro atoms. The Kier molecular flexibility index (Phi) is 5.81. The average molecular weight is 363 g/mol. The molecule has 138 valence electrons. The van der Waals surface area contributed by atoms with Crippen LogP contribution < -0.4 is 10.6 Å². The highest BCUT2D eigenvalue weighted by Gasteiger charge is 2.09. The molecule has 4 nitrogen and oxygen atoms in total. The lowest BCUT2D eigenvalue weighted by Gasteiger charge is -2.11. The molecule has 0 aliphatic heterocycles. The molecule has 0 saturated carbocycles. The van der Waals surface area contributed by atoms with E-state index < -0.39 is 0 Å². The number of carbonyl (C=O) groups excluding carboxylic acids is 1. The Hall–Kier alpha value is -3.21. The van der Waals surface area contributed by atoms with E-state index in [2.05, 4.69) is 21.7 Å². The summed E-state index contributed by atoms with van der Waals surface area (Å²) in [6.07, 6.45) is 2.02. The fraction of sp³-hybridized carbons (Fsp3) is 0.182. The van der Waals surface area contributed by atoms with Crippen LogP contribution in [0.15, 0.2) is 60.8 Å². The molecule has 0 bridgehead atoms. The molecule has 0 saturated heterocycles. The van der Waals surface area contributed by atoms with Crippen molar-refractivity contribution < 1.29 is 9.18 Å². The Bertz CT molecular complexity index is 956. The number of hydrogen-bond donors (Lipinski definition) is 2. The number of carbonyl (C=O) groups is 1. The fourth-order valence-electron chi connectivity index (χ4n) is 2.84. The van der Waals surface area contributed by atoms with Crippen molar-refractivity contribution in [3.05, 3.63) is 89.0 Å². The number of nitrogens with one attached hydrogen (secondary N) is 2. The summed E-state index contributed by atoms with van der Waals surface area (Å²) in [5.74, 6) is -0.542. The van der Waals surface area contributed by atoms with Gasteiger partial charge in [0.25, 0.3) is 5.91 Å². The van der Waals surface area contributed by atoms with Gasteiger partial charge in [-0.25, -0.2) is 4.39 Å². The van der Waals surface area contributed by atoms with Gasteiger partial charge in [-0.15, -0.1) is 0 Å². The lowest BCUT2D eigenvalue weighted by atomic mass is 10.1. The minimum atomic E-state index is -0.282. The van der Waals surface area contributed by atoms with Gasteiger partial charge < -0.3 is 10.6 Å². The number of hydrogen-bond acceptors (Lipinski definition) is 3. The zero-order valence-electron chi connectivity index (χ0n) is 15.4. The van der Waals surface area contributed by atoms with Crippen molar-refractivity contribution in [2.24, 2.45) is 0 Å². The first kappa shape index (κ1) is 18.6. The molecule has 3 aromatic rings. The Morgan fingerprint density at radius 1 is 1.07 bits per heavy atom. The first-order chi connectivity index (χ1) is 13.0. The van der Waals surface area contributed by atoms with Crippen LogP contribution in [0.5, 0.6) is 0 Å². The summed E-state index contributed by atoms with van der Waals surface area (Å²) in [7, 11) is 0. The number of aryl methyl sites for hydroxylation is 2. The largest absolute Gasteiger partial charge is 0.355 e. The van der Waals surface area contributed by atoms with Gasteiger partial charge in [0, 0.05) is 24.1 Å². The van der Waals surface area contributed by atoms with E-state index in [1.807, 2.05) is 32.0 Å². The van der Waals surface area contributed by atoms with Crippen LogP contribution in [0.1, 0.15) is 27.2 Å². The molecule has 0 radical (unpaired) electrons. The minimum absolute atomic E-state index is 0.260. The molecule has 27 heavy (non-hydrogen) atoms. The fourth-order valence-corrected chi connectivity index (χ4v) is 2.84. The molecule has 1 heterocycles. The van der Waals surface area contributed by atoms with Crippen LogP contribution in [0.3, 0.4) is 0 Å². The smallest absolute Gasteiger partial charge is 0.269 e. The van der Waals surface area contributed by atoms with Gasteiger partial charge in [-0.2, -0.15) is 0 Å². The molecule has 0 aliphatic carbocycles. The molecule has 3 rings (SSSR count). The second kappa shape index (κ2) is 8.45. The van der Waals surface area contributed by atoms with E-state index in [9.17, 15) is 9.18 Å². The van der Waals surface area contributed by atoms with E-state index >= 15 is 0 Å². The molecular weight excluding hydrogens is 341 g/mol. The number of nitrogens with zero attached hydrogens (tertiary/aromatic N) is 1. The summed E-state index contributed by atoms with van der Waals surface area (Å²) in [5, 5.41) is 6.10. The summed E-state index contributed by atoms with van der Waals surface area (Å²) in [6, 6.07) is 16.2. The van der Waals surface area contributed by atoms with Gasteiger partial charge in [0.2, 0.25) is 0 Å². The van der Waals surface area contributed by atoms with Crippen LogP contribution in [-0.4, -0.2) is 17.4 Å². The molecule has 0 unspecified atom stereocenters. The molecule has 0 aliphatic rings. The number of pyridine rings is 1. The highest BCUT2D eigenvalue weighted by atomic mass is 19.1. The van der Waals surface area contributed by atoms with Crippen LogP contribution in [-0.2, 0) is 6.42 Å². The maximum Gasteiger partial charge on any atom is 0.269 e. The second-order valence-corrected chi connectivity index (χ2v) is 6.47. The number of rotatable bonds is 6. The molecule has 2 aromatic carbocycles. The Morgan fingerprint density at radius 2 is 1.89 bits per heavy atom. The van der Waals surface area contributed by atoms with E-state index in [1.165, 1.54) is 11.6 Å². The van der Waals surface area contributed by atoms with Crippen LogP contribution in [0, 0.1) is 19.7 Å². The Morgan fingerprint density at radius 3 is 2.67 bits per heavy atom. The number of benzene rings is 2. The van der Waals surface area contributed by atoms with Gasteiger partial charge in [0.05, 0.1) is 0 Å². The van der Waals surface area contributed by atoms with Gasteiger partial charge in [0.1, 0.15) is 11.5 Å². The van der Waals surface area contributed by atoms with Crippen molar-refractivity contribution in [2.75, 3.05) is 11.9 Å². The maximum absolute atomic E-state index is 13.6. The molecule has 5 heteroatoms. The average Bonchev–Trinajstić information content (AvgIpc) is 2.66. The topological polar surface area (TPSA) is 54.0 Å². The van der Waals surface area contributed by atoms with E-state index in [0.717, 1.165) is 16.9 Å². The van der Waals surface area contributed by atoms with E-state index in [-0.39, 0.29) is 11.7 Å². The first-order valence-electron chi connectivity index (χ1n) is 8.85. The van der Waals surface area contributed by atoms with Crippen molar-refractivity contribution in [1.82, 2.24) is 10.3 Å². The highest BCUT2D eigenvalue weighted by molar-refractivity contribution is 5.93. The van der Waals surface area contributed by atoms with Gasteiger partial charge in [-0.3, -0.25) is 9.78 Å². The lowest BCUT2D eigenvalue weighted by Crippen LogP contribution is -2.26. The standard InChI is InChI=1S/C22H22FN3O/c1-15-7-8-20(16(2)13-15)26-18-10-12-24-21(14-18)22(27)25-11-9-17-5-3-4-6-19(17)23/h3-8,10,12-14H,9,11H2,1-2H3,(H,24,26)(H,25,27). The molecule has 0 fully saturated rings. The van der Waals surface area contributed by atoms with Gasteiger partial charge in [0.15, 0.2) is 0 Å². The number of anilines is 2. The van der Waals surface area contributed by atoms with Crippen LogP contribution in [0.25, 0.3) is 0 Å². The molecule has 1 amide bonds. The molecular formula is C22H22FN3O. The SMILES string of the molecule is Cc1ccc(Nc2ccnc(C(=O)NCCc3ccccc3F)c2)c(C)c1. The van der Waals surface area contributed by atoms with Crippen LogP contribution >= 0.6 is 0 Å². The molecule has 2 N–H and O–H groups in total. The lowest BCUT2D eigenvalue weighted by molar-refractivity contribution is 0.0949.